The number of carbonyl (C=O) groups is 1. The summed E-state index contributed by atoms with van der Waals surface area (Å²) in [6.45, 7) is 8.36. The van der Waals surface area contributed by atoms with Crippen molar-refractivity contribution in [3.05, 3.63) is 0 Å². The van der Waals surface area contributed by atoms with Crippen LogP contribution in [0.5, 0.6) is 0 Å². The van der Waals surface area contributed by atoms with Gasteiger partial charge >= 0.3 is 0 Å². The van der Waals surface area contributed by atoms with E-state index in [9.17, 15) is 4.79 Å². The molecule has 15 heavy (non-hydrogen) atoms. The van der Waals surface area contributed by atoms with Crippen molar-refractivity contribution in [3.63, 3.8) is 0 Å². The Morgan fingerprint density at radius 1 is 1.40 bits per heavy atom. The van der Waals surface area contributed by atoms with Crippen molar-refractivity contribution in [3.8, 4) is 6.07 Å². The smallest absolute Gasteiger partial charge is 0.239 e. The van der Waals surface area contributed by atoms with Gasteiger partial charge in [-0.25, -0.2) is 0 Å². The zero-order chi connectivity index (χ0) is 11.3. The van der Waals surface area contributed by atoms with E-state index in [1.807, 2.05) is 6.07 Å². The van der Waals surface area contributed by atoms with Gasteiger partial charge in [0.1, 0.15) is 5.92 Å². The molecule has 1 saturated heterocycles. The van der Waals surface area contributed by atoms with Gasteiger partial charge in [0.05, 0.1) is 6.07 Å². The first-order valence-electron chi connectivity index (χ1n) is 5.59. The van der Waals surface area contributed by atoms with E-state index < -0.39 is 5.92 Å². The van der Waals surface area contributed by atoms with Gasteiger partial charge < -0.3 is 4.90 Å². The van der Waals surface area contributed by atoms with E-state index in [2.05, 4.69) is 11.8 Å². The highest BCUT2D eigenvalue weighted by molar-refractivity contribution is 5.80. The SMILES string of the molecule is CCCN1CCN(C(=O)C(C)C#N)CC1. The average Bonchev–Trinajstić information content (AvgIpc) is 2.28. The summed E-state index contributed by atoms with van der Waals surface area (Å²) in [6, 6.07) is 1.99. The largest absolute Gasteiger partial charge is 0.339 e. The summed E-state index contributed by atoms with van der Waals surface area (Å²) in [6.07, 6.45) is 1.16. The third-order valence-corrected chi connectivity index (χ3v) is 2.79. The maximum absolute atomic E-state index is 11.7. The van der Waals surface area contributed by atoms with Crippen molar-refractivity contribution in [2.24, 2.45) is 5.92 Å². The minimum atomic E-state index is -0.497. The van der Waals surface area contributed by atoms with Gasteiger partial charge in [-0.15, -0.1) is 0 Å². The van der Waals surface area contributed by atoms with E-state index in [1.165, 1.54) is 0 Å². The standard InChI is InChI=1S/C11H19N3O/c1-3-4-13-5-7-14(8-6-13)11(15)10(2)9-12/h10H,3-8H2,1-2H3. The molecule has 1 heterocycles. The Balaban J connectivity index is 2.37. The van der Waals surface area contributed by atoms with Gasteiger partial charge in [0.2, 0.25) is 5.91 Å². The van der Waals surface area contributed by atoms with E-state index >= 15 is 0 Å². The molecule has 1 amide bonds. The van der Waals surface area contributed by atoms with Crippen LogP contribution in [0.2, 0.25) is 0 Å². The van der Waals surface area contributed by atoms with Crippen molar-refractivity contribution in [2.75, 3.05) is 32.7 Å². The summed E-state index contributed by atoms with van der Waals surface area (Å²) in [5.74, 6) is -0.517. The second kappa shape index (κ2) is 5.72. The lowest BCUT2D eigenvalue weighted by atomic mass is 10.1. The fourth-order valence-electron chi connectivity index (χ4n) is 1.84. The van der Waals surface area contributed by atoms with Crippen LogP contribution in [0.15, 0.2) is 0 Å². The van der Waals surface area contributed by atoms with Gasteiger partial charge in [-0.1, -0.05) is 6.92 Å². The zero-order valence-electron chi connectivity index (χ0n) is 9.57. The van der Waals surface area contributed by atoms with Crippen molar-refractivity contribution in [1.82, 2.24) is 9.80 Å². The van der Waals surface area contributed by atoms with Gasteiger partial charge in [-0.2, -0.15) is 5.26 Å². The van der Waals surface area contributed by atoms with Crippen LogP contribution in [0.3, 0.4) is 0 Å². The van der Waals surface area contributed by atoms with Gasteiger partial charge in [-0.3, -0.25) is 9.69 Å². The molecule has 0 aromatic carbocycles. The van der Waals surface area contributed by atoms with Gasteiger partial charge in [0, 0.05) is 26.2 Å². The molecule has 1 fully saturated rings. The fraction of sp³-hybridized carbons (Fsp3) is 0.818. The molecule has 1 aliphatic rings. The maximum Gasteiger partial charge on any atom is 0.239 e. The molecule has 0 N–H and O–H groups in total. The third-order valence-electron chi connectivity index (χ3n) is 2.79. The summed E-state index contributed by atoms with van der Waals surface area (Å²) in [4.78, 5) is 15.8. The molecule has 84 valence electrons. The molecule has 0 bridgehead atoms. The van der Waals surface area contributed by atoms with Crippen molar-refractivity contribution in [1.29, 1.82) is 5.26 Å². The average molecular weight is 209 g/mol. The van der Waals surface area contributed by atoms with E-state index in [-0.39, 0.29) is 5.91 Å². The topological polar surface area (TPSA) is 47.3 Å². The number of hydrogen-bond donors (Lipinski definition) is 0. The Bertz CT molecular complexity index is 251. The number of amides is 1. The number of nitrogens with zero attached hydrogens (tertiary/aromatic N) is 3. The molecule has 0 spiro atoms. The molecule has 1 unspecified atom stereocenters. The monoisotopic (exact) mass is 209 g/mol. The molecule has 1 atom stereocenters. The molecule has 1 aliphatic heterocycles. The predicted molar refractivity (Wildman–Crippen MR) is 58.1 cm³/mol. The molecule has 4 heteroatoms. The molecule has 0 radical (unpaired) electrons. The third kappa shape index (κ3) is 3.21. The zero-order valence-corrected chi connectivity index (χ0v) is 9.57. The second-order valence-electron chi connectivity index (χ2n) is 4.02. The van der Waals surface area contributed by atoms with Crippen LogP contribution in [0.25, 0.3) is 0 Å². The first-order chi connectivity index (χ1) is 7.19. The summed E-state index contributed by atoms with van der Waals surface area (Å²) in [5, 5.41) is 8.66. The summed E-state index contributed by atoms with van der Waals surface area (Å²) in [7, 11) is 0. The predicted octanol–water partition coefficient (Wildman–Crippen LogP) is 0.700. The minimum Gasteiger partial charge on any atom is -0.339 e. The van der Waals surface area contributed by atoms with E-state index in [4.69, 9.17) is 5.26 Å². The second-order valence-corrected chi connectivity index (χ2v) is 4.02. The number of carbonyl (C=O) groups excluding carboxylic acids is 1. The normalized spacial score (nSPS) is 19.7. The van der Waals surface area contributed by atoms with Crippen LogP contribution in [0, 0.1) is 17.2 Å². The Hall–Kier alpha value is -1.08. The number of hydrogen-bond acceptors (Lipinski definition) is 3. The van der Waals surface area contributed by atoms with E-state index in [0.717, 1.165) is 39.1 Å². The van der Waals surface area contributed by atoms with Gasteiger partial charge in [0.15, 0.2) is 0 Å². The first-order valence-corrected chi connectivity index (χ1v) is 5.59. The Kier molecular flexibility index (Phi) is 4.57. The van der Waals surface area contributed by atoms with Crippen LogP contribution in [-0.4, -0.2) is 48.4 Å². The summed E-state index contributed by atoms with van der Waals surface area (Å²) < 4.78 is 0. The van der Waals surface area contributed by atoms with Gasteiger partial charge in [0.25, 0.3) is 0 Å². The molecule has 0 aliphatic carbocycles. The van der Waals surface area contributed by atoms with Crippen LogP contribution in [0.4, 0.5) is 0 Å². The van der Waals surface area contributed by atoms with Crippen molar-refractivity contribution < 1.29 is 4.79 Å². The lowest BCUT2D eigenvalue weighted by Gasteiger charge is -2.35. The molecule has 0 saturated carbocycles. The Morgan fingerprint density at radius 3 is 2.47 bits per heavy atom. The summed E-state index contributed by atoms with van der Waals surface area (Å²) in [5.41, 5.74) is 0. The van der Waals surface area contributed by atoms with Crippen LogP contribution >= 0.6 is 0 Å². The van der Waals surface area contributed by atoms with Crippen molar-refractivity contribution in [2.45, 2.75) is 20.3 Å². The Morgan fingerprint density at radius 2 is 2.00 bits per heavy atom. The highest BCUT2D eigenvalue weighted by atomic mass is 16.2. The minimum absolute atomic E-state index is 0.0198. The first kappa shape index (κ1) is 12.0. The highest BCUT2D eigenvalue weighted by Gasteiger charge is 2.23. The van der Waals surface area contributed by atoms with Gasteiger partial charge in [-0.05, 0) is 19.9 Å². The quantitative estimate of drug-likeness (QED) is 0.687. The Labute approximate surface area is 91.5 Å². The molecule has 4 nitrogen and oxygen atoms in total. The van der Waals surface area contributed by atoms with E-state index in [0.29, 0.717) is 0 Å². The van der Waals surface area contributed by atoms with Crippen LogP contribution < -0.4 is 0 Å². The summed E-state index contributed by atoms with van der Waals surface area (Å²) >= 11 is 0. The lowest BCUT2D eigenvalue weighted by molar-refractivity contribution is -0.135. The van der Waals surface area contributed by atoms with E-state index in [1.54, 1.807) is 11.8 Å². The lowest BCUT2D eigenvalue weighted by Crippen LogP contribution is -2.50. The molecular formula is C11H19N3O. The molecule has 0 aromatic rings. The maximum atomic E-state index is 11.7. The van der Waals surface area contributed by atoms with Crippen LogP contribution in [-0.2, 0) is 4.79 Å². The number of piperazine rings is 1. The molecule has 0 aromatic heterocycles. The number of nitriles is 1. The van der Waals surface area contributed by atoms with Crippen molar-refractivity contribution >= 4 is 5.91 Å². The van der Waals surface area contributed by atoms with Crippen LogP contribution in [0.1, 0.15) is 20.3 Å². The number of rotatable bonds is 3. The highest BCUT2D eigenvalue weighted by Crippen LogP contribution is 2.07. The molecular weight excluding hydrogens is 190 g/mol. The fourth-order valence-corrected chi connectivity index (χ4v) is 1.84. The molecule has 1 rings (SSSR count).